The van der Waals surface area contributed by atoms with Gasteiger partial charge in [0.1, 0.15) is 5.75 Å². The molecule has 3 heteroatoms. The fourth-order valence-corrected chi connectivity index (χ4v) is 1.86. The predicted octanol–water partition coefficient (Wildman–Crippen LogP) is 4.04. The first kappa shape index (κ1) is 15.3. The van der Waals surface area contributed by atoms with Crippen LogP contribution in [0.15, 0.2) is 18.2 Å². The van der Waals surface area contributed by atoms with Gasteiger partial charge in [0.2, 0.25) is 0 Å². The van der Waals surface area contributed by atoms with Gasteiger partial charge in [-0.1, -0.05) is 32.4 Å². The quantitative estimate of drug-likeness (QED) is 0.875. The van der Waals surface area contributed by atoms with E-state index in [0.29, 0.717) is 0 Å². The summed E-state index contributed by atoms with van der Waals surface area (Å²) in [5.41, 5.74) is 7.22. The summed E-state index contributed by atoms with van der Waals surface area (Å²) in [6.07, 6.45) is 1.80. The summed E-state index contributed by atoms with van der Waals surface area (Å²) >= 11 is 6.01. The second-order valence-electron chi connectivity index (χ2n) is 6.09. The Morgan fingerprint density at radius 3 is 2.56 bits per heavy atom. The first-order chi connectivity index (χ1) is 8.28. The Kier molecular flexibility index (Phi) is 5.48. The van der Waals surface area contributed by atoms with Crippen molar-refractivity contribution in [2.45, 2.75) is 46.6 Å². The van der Waals surface area contributed by atoms with E-state index in [1.165, 1.54) is 0 Å². The third kappa shape index (κ3) is 5.74. The van der Waals surface area contributed by atoms with Crippen LogP contribution in [0.3, 0.4) is 0 Å². The lowest BCUT2D eigenvalue weighted by Gasteiger charge is -2.19. The monoisotopic (exact) mass is 269 g/mol. The number of halogens is 1. The van der Waals surface area contributed by atoms with Crippen molar-refractivity contribution in [3.8, 4) is 5.75 Å². The van der Waals surface area contributed by atoms with Gasteiger partial charge >= 0.3 is 0 Å². The van der Waals surface area contributed by atoms with Gasteiger partial charge in [-0.25, -0.2) is 0 Å². The summed E-state index contributed by atoms with van der Waals surface area (Å²) in [6, 6.07) is 5.84. The highest BCUT2D eigenvalue weighted by molar-refractivity contribution is 6.30. The molecule has 0 aromatic heterocycles. The van der Waals surface area contributed by atoms with Crippen LogP contribution in [-0.4, -0.2) is 12.6 Å². The maximum Gasteiger partial charge on any atom is 0.122 e. The minimum absolute atomic E-state index is 0.105. The zero-order valence-corrected chi connectivity index (χ0v) is 12.6. The lowest BCUT2D eigenvalue weighted by atomic mass is 9.93. The molecule has 0 saturated carbocycles. The second-order valence-corrected chi connectivity index (χ2v) is 6.53. The van der Waals surface area contributed by atoms with Gasteiger partial charge in [-0.2, -0.15) is 0 Å². The van der Waals surface area contributed by atoms with E-state index in [1.807, 2.05) is 25.1 Å². The largest absolute Gasteiger partial charge is 0.493 e. The third-order valence-corrected chi connectivity index (χ3v) is 2.91. The summed E-state index contributed by atoms with van der Waals surface area (Å²) in [5.74, 6) is 0.904. The Balaban J connectivity index is 2.69. The Morgan fingerprint density at radius 2 is 2.00 bits per heavy atom. The molecule has 0 saturated heterocycles. The molecule has 0 aliphatic rings. The van der Waals surface area contributed by atoms with Crippen LogP contribution in [0.4, 0.5) is 0 Å². The molecule has 0 aliphatic heterocycles. The number of rotatable bonds is 5. The number of hydrogen-bond acceptors (Lipinski definition) is 2. The number of ether oxygens (including phenoxy) is 1. The van der Waals surface area contributed by atoms with Gasteiger partial charge in [-0.05, 0) is 48.9 Å². The van der Waals surface area contributed by atoms with Gasteiger partial charge in [-0.3, -0.25) is 0 Å². The van der Waals surface area contributed by atoms with Crippen molar-refractivity contribution in [2.24, 2.45) is 11.1 Å². The van der Waals surface area contributed by atoms with Gasteiger partial charge in [0, 0.05) is 11.1 Å². The van der Waals surface area contributed by atoms with E-state index in [2.05, 4.69) is 20.8 Å². The van der Waals surface area contributed by atoms with Crippen molar-refractivity contribution in [3.05, 3.63) is 28.8 Å². The molecule has 102 valence electrons. The van der Waals surface area contributed by atoms with E-state index < -0.39 is 0 Å². The maximum absolute atomic E-state index is 6.01. The molecule has 1 atom stereocenters. The Labute approximate surface area is 115 Å². The minimum Gasteiger partial charge on any atom is -0.493 e. The summed E-state index contributed by atoms with van der Waals surface area (Å²) in [6.45, 7) is 9.33. The second kappa shape index (κ2) is 6.44. The van der Waals surface area contributed by atoms with Gasteiger partial charge in [0.15, 0.2) is 0 Å². The van der Waals surface area contributed by atoms with Crippen molar-refractivity contribution in [3.63, 3.8) is 0 Å². The molecule has 0 aliphatic carbocycles. The molecule has 1 aromatic rings. The molecule has 18 heavy (non-hydrogen) atoms. The van der Waals surface area contributed by atoms with E-state index in [4.69, 9.17) is 22.1 Å². The molecule has 2 N–H and O–H groups in total. The van der Waals surface area contributed by atoms with Gasteiger partial charge in [0.05, 0.1) is 6.61 Å². The zero-order valence-electron chi connectivity index (χ0n) is 11.8. The first-order valence-corrected chi connectivity index (χ1v) is 6.82. The van der Waals surface area contributed by atoms with Crippen LogP contribution in [0.5, 0.6) is 5.75 Å². The summed E-state index contributed by atoms with van der Waals surface area (Å²) < 4.78 is 5.85. The van der Waals surface area contributed by atoms with Gasteiger partial charge in [0.25, 0.3) is 0 Å². The first-order valence-electron chi connectivity index (χ1n) is 6.45. The highest BCUT2D eigenvalue weighted by Gasteiger charge is 2.12. The lowest BCUT2D eigenvalue weighted by molar-refractivity contribution is 0.241. The number of nitrogens with two attached hydrogens (primary N) is 1. The van der Waals surface area contributed by atoms with Crippen LogP contribution >= 0.6 is 11.6 Å². The van der Waals surface area contributed by atoms with Gasteiger partial charge < -0.3 is 10.5 Å². The van der Waals surface area contributed by atoms with Crippen LogP contribution in [0.2, 0.25) is 5.02 Å². The van der Waals surface area contributed by atoms with Crippen LogP contribution < -0.4 is 10.5 Å². The smallest absolute Gasteiger partial charge is 0.122 e. The summed E-state index contributed by atoms with van der Waals surface area (Å²) in [4.78, 5) is 0. The van der Waals surface area contributed by atoms with Crippen molar-refractivity contribution in [2.75, 3.05) is 6.61 Å². The fourth-order valence-electron chi connectivity index (χ4n) is 1.66. The van der Waals surface area contributed by atoms with Crippen molar-refractivity contribution in [1.29, 1.82) is 0 Å². The predicted molar refractivity (Wildman–Crippen MR) is 78.4 cm³/mol. The Morgan fingerprint density at radius 1 is 1.33 bits per heavy atom. The highest BCUT2D eigenvalue weighted by atomic mass is 35.5. The molecule has 1 aromatic carbocycles. The van der Waals surface area contributed by atoms with E-state index >= 15 is 0 Å². The van der Waals surface area contributed by atoms with Crippen molar-refractivity contribution in [1.82, 2.24) is 0 Å². The van der Waals surface area contributed by atoms with Crippen molar-refractivity contribution < 1.29 is 4.74 Å². The molecule has 1 rings (SSSR count). The average molecular weight is 270 g/mol. The topological polar surface area (TPSA) is 35.2 Å². The molecule has 1 unspecified atom stereocenters. The standard InChI is InChI=1S/C15H24ClNO/c1-11(17)9-12-10-13(16)5-6-14(12)18-8-7-15(2,3)4/h5-6,10-11H,7-9,17H2,1-4H3. The number of hydrogen-bond donors (Lipinski definition) is 1. The van der Waals surface area contributed by atoms with Crippen LogP contribution in [0, 0.1) is 5.41 Å². The zero-order chi connectivity index (χ0) is 13.8. The molecule has 0 bridgehead atoms. The van der Waals surface area contributed by atoms with Crippen LogP contribution in [-0.2, 0) is 6.42 Å². The average Bonchev–Trinajstić information content (AvgIpc) is 2.18. The third-order valence-electron chi connectivity index (χ3n) is 2.67. The van der Waals surface area contributed by atoms with Crippen molar-refractivity contribution >= 4 is 11.6 Å². The maximum atomic E-state index is 6.01. The molecule has 0 amide bonds. The normalized spacial score (nSPS) is 13.4. The molecule has 0 heterocycles. The van der Waals surface area contributed by atoms with Crippen LogP contribution in [0.1, 0.15) is 39.7 Å². The lowest BCUT2D eigenvalue weighted by Crippen LogP contribution is -2.18. The minimum atomic E-state index is 0.105. The molecule has 2 nitrogen and oxygen atoms in total. The van der Waals surface area contributed by atoms with E-state index in [-0.39, 0.29) is 11.5 Å². The molecule has 0 fully saturated rings. The molecule has 0 radical (unpaired) electrons. The highest BCUT2D eigenvalue weighted by Crippen LogP contribution is 2.25. The van der Waals surface area contributed by atoms with E-state index in [0.717, 1.165) is 35.8 Å². The van der Waals surface area contributed by atoms with Gasteiger partial charge in [-0.15, -0.1) is 0 Å². The SMILES string of the molecule is CC(N)Cc1cc(Cl)ccc1OCCC(C)(C)C. The molecule has 0 spiro atoms. The summed E-state index contributed by atoms with van der Waals surface area (Å²) in [5, 5.41) is 0.730. The molecular weight excluding hydrogens is 246 g/mol. The Hall–Kier alpha value is -0.730. The number of benzene rings is 1. The summed E-state index contributed by atoms with van der Waals surface area (Å²) in [7, 11) is 0. The van der Waals surface area contributed by atoms with E-state index in [1.54, 1.807) is 0 Å². The molecular formula is C15H24ClNO. The van der Waals surface area contributed by atoms with Crippen LogP contribution in [0.25, 0.3) is 0 Å². The van der Waals surface area contributed by atoms with E-state index in [9.17, 15) is 0 Å². The Bertz CT molecular complexity index is 383. The fraction of sp³-hybridized carbons (Fsp3) is 0.600.